The van der Waals surface area contributed by atoms with E-state index < -0.39 is 0 Å². The number of hydrogen-bond donors (Lipinski definition) is 2. The molecule has 7 heteroatoms. The van der Waals surface area contributed by atoms with E-state index in [9.17, 15) is 9.59 Å². The van der Waals surface area contributed by atoms with E-state index in [0.717, 1.165) is 35.9 Å². The minimum Gasteiger partial charge on any atom is -0.479 e. The Hall–Kier alpha value is -2.03. The summed E-state index contributed by atoms with van der Waals surface area (Å²) in [5.41, 5.74) is 3.48. The van der Waals surface area contributed by atoms with Gasteiger partial charge >= 0.3 is 5.97 Å². The van der Waals surface area contributed by atoms with E-state index in [1.54, 1.807) is 6.07 Å². The number of alkyl halides is 1. The van der Waals surface area contributed by atoms with Gasteiger partial charge in [-0.05, 0) is 58.7 Å². The van der Waals surface area contributed by atoms with Gasteiger partial charge in [-0.1, -0.05) is 6.07 Å². The van der Waals surface area contributed by atoms with Crippen molar-refractivity contribution in [2.75, 3.05) is 17.0 Å². The number of aromatic amines is 1. The molecule has 1 aromatic carbocycles. The maximum atomic E-state index is 11.8. The van der Waals surface area contributed by atoms with Gasteiger partial charge in [-0.2, -0.15) is 0 Å². The normalized spacial score (nSPS) is 15.7. The molecule has 1 heterocycles. The summed E-state index contributed by atoms with van der Waals surface area (Å²) in [6, 6.07) is 7.55. The molecule has 1 aliphatic rings. The molecule has 0 spiro atoms. The first kappa shape index (κ1) is 16.8. The molecule has 3 rings (SSSR count). The molecule has 1 aliphatic carbocycles. The molecule has 126 valence electrons. The van der Waals surface area contributed by atoms with Crippen molar-refractivity contribution in [2.45, 2.75) is 18.8 Å². The summed E-state index contributed by atoms with van der Waals surface area (Å²) in [6.45, 7) is 0. The van der Waals surface area contributed by atoms with Crippen LogP contribution in [0.2, 0.25) is 0 Å². The van der Waals surface area contributed by atoms with E-state index in [2.05, 4.69) is 32.9 Å². The highest BCUT2D eigenvalue weighted by Crippen LogP contribution is 2.36. The van der Waals surface area contributed by atoms with Gasteiger partial charge in [-0.15, -0.1) is 0 Å². The highest BCUT2D eigenvalue weighted by atomic mass is 127. The minimum atomic E-state index is -0.188. The monoisotopic (exact) mass is 440 g/mol. The number of esters is 1. The molecule has 2 N–H and O–H groups in total. The fraction of sp³-hybridized carbons (Fsp3) is 0.294. The van der Waals surface area contributed by atoms with Crippen molar-refractivity contribution in [1.82, 2.24) is 4.98 Å². The van der Waals surface area contributed by atoms with E-state index in [4.69, 9.17) is 9.47 Å². The van der Waals surface area contributed by atoms with E-state index in [1.807, 2.05) is 18.2 Å². The first-order valence-electron chi connectivity index (χ1n) is 7.51. The lowest BCUT2D eigenvalue weighted by molar-refractivity contribution is -0.142. The number of rotatable bonds is 6. The molecular weight excluding hydrogens is 423 g/mol. The van der Waals surface area contributed by atoms with Crippen molar-refractivity contribution in [3.8, 4) is 5.75 Å². The Morgan fingerprint density at radius 3 is 3.00 bits per heavy atom. The third-order valence-electron chi connectivity index (χ3n) is 4.12. The number of anilines is 2. The Morgan fingerprint density at radius 2 is 2.29 bits per heavy atom. The van der Waals surface area contributed by atoms with E-state index in [1.165, 1.54) is 7.11 Å². The summed E-state index contributed by atoms with van der Waals surface area (Å²) in [7, 11) is 1.42. The summed E-state index contributed by atoms with van der Waals surface area (Å²) in [5, 5.41) is 3.24. The molecule has 0 bridgehead atoms. The minimum absolute atomic E-state index is 0.177. The molecule has 1 atom stereocenters. The average Bonchev–Trinajstić information content (AvgIpc) is 3.18. The molecule has 6 nitrogen and oxygen atoms in total. The zero-order chi connectivity index (χ0) is 17.1. The SMILES string of the molecule is COC(=O)C1CCc2cc(Nc3[nH]c(C=O)cc3OCI)ccc21. The number of nitrogens with one attached hydrogen (secondary N) is 2. The second-order valence-electron chi connectivity index (χ2n) is 5.49. The fourth-order valence-electron chi connectivity index (χ4n) is 3.01. The molecule has 0 radical (unpaired) electrons. The standard InChI is InChI=1S/C17H17IN2O4/c1-23-17(22)14-4-2-10-6-11(3-5-13(10)14)19-16-15(24-9-18)7-12(8-21)20-16/h3,5-8,14,19-20H,2,4,9H2,1H3. The highest BCUT2D eigenvalue weighted by molar-refractivity contribution is 14.1. The lowest BCUT2D eigenvalue weighted by atomic mass is 10.0. The van der Waals surface area contributed by atoms with Gasteiger partial charge in [0.15, 0.2) is 17.9 Å². The maximum Gasteiger partial charge on any atom is 0.313 e. The van der Waals surface area contributed by atoms with Gasteiger partial charge in [0.05, 0.1) is 18.7 Å². The Bertz CT molecular complexity index is 772. The number of benzene rings is 1. The average molecular weight is 440 g/mol. The van der Waals surface area contributed by atoms with Gasteiger partial charge in [0, 0.05) is 11.8 Å². The van der Waals surface area contributed by atoms with E-state index in [0.29, 0.717) is 21.9 Å². The molecule has 0 saturated heterocycles. The number of aldehydes is 1. The molecular formula is C17H17IN2O4. The van der Waals surface area contributed by atoms with Crippen LogP contribution in [0.3, 0.4) is 0 Å². The molecule has 0 fully saturated rings. The van der Waals surface area contributed by atoms with Crippen molar-refractivity contribution in [3.05, 3.63) is 41.1 Å². The number of aromatic nitrogens is 1. The van der Waals surface area contributed by atoms with Crippen molar-refractivity contribution < 1.29 is 19.1 Å². The first-order chi connectivity index (χ1) is 11.7. The number of ether oxygens (including phenoxy) is 2. The van der Waals surface area contributed by atoms with Crippen molar-refractivity contribution in [3.63, 3.8) is 0 Å². The first-order valence-corrected chi connectivity index (χ1v) is 9.03. The Morgan fingerprint density at radius 1 is 1.46 bits per heavy atom. The molecule has 2 aromatic rings. The second-order valence-corrected chi connectivity index (χ2v) is 6.11. The third kappa shape index (κ3) is 3.26. The van der Waals surface area contributed by atoms with Crippen LogP contribution < -0.4 is 10.1 Å². The van der Waals surface area contributed by atoms with Crippen LogP contribution in [0.5, 0.6) is 5.75 Å². The van der Waals surface area contributed by atoms with Gasteiger partial charge in [-0.3, -0.25) is 9.59 Å². The van der Waals surface area contributed by atoms with Crippen LogP contribution in [-0.2, 0) is 16.0 Å². The lowest BCUT2D eigenvalue weighted by Gasteiger charge is -2.11. The molecule has 0 saturated carbocycles. The number of H-pyrrole nitrogens is 1. The van der Waals surface area contributed by atoms with Crippen LogP contribution in [0.4, 0.5) is 11.5 Å². The van der Waals surface area contributed by atoms with Crippen molar-refractivity contribution >= 4 is 46.4 Å². The summed E-state index contributed by atoms with van der Waals surface area (Å²) in [5.74, 6) is 0.868. The van der Waals surface area contributed by atoms with Crippen molar-refractivity contribution in [1.29, 1.82) is 0 Å². The summed E-state index contributed by atoms with van der Waals surface area (Å²) in [4.78, 5) is 25.7. The zero-order valence-electron chi connectivity index (χ0n) is 13.1. The Kier molecular flexibility index (Phi) is 5.08. The van der Waals surface area contributed by atoms with Gasteiger partial charge in [0.2, 0.25) is 0 Å². The molecule has 24 heavy (non-hydrogen) atoms. The maximum absolute atomic E-state index is 11.8. The van der Waals surface area contributed by atoms with E-state index >= 15 is 0 Å². The highest BCUT2D eigenvalue weighted by Gasteiger charge is 2.29. The number of aryl methyl sites for hydroxylation is 1. The van der Waals surface area contributed by atoms with Crippen LogP contribution in [0.25, 0.3) is 0 Å². The van der Waals surface area contributed by atoms with Crippen LogP contribution in [0.1, 0.15) is 34.0 Å². The molecule has 0 amide bonds. The third-order valence-corrected chi connectivity index (χ3v) is 4.43. The van der Waals surface area contributed by atoms with Gasteiger partial charge in [-0.25, -0.2) is 0 Å². The second kappa shape index (κ2) is 7.25. The van der Waals surface area contributed by atoms with Crippen LogP contribution in [0, 0.1) is 0 Å². The molecule has 0 aliphatic heterocycles. The number of carbonyl (C=O) groups is 2. The predicted molar refractivity (Wildman–Crippen MR) is 98.5 cm³/mol. The number of halogens is 1. The summed E-state index contributed by atoms with van der Waals surface area (Å²) >= 11 is 2.10. The Balaban J connectivity index is 1.84. The summed E-state index contributed by atoms with van der Waals surface area (Å²) in [6.07, 6.45) is 2.35. The molecule has 1 unspecified atom stereocenters. The van der Waals surface area contributed by atoms with Crippen molar-refractivity contribution in [2.24, 2.45) is 0 Å². The van der Waals surface area contributed by atoms with Gasteiger partial charge in [0.1, 0.15) is 4.61 Å². The fourth-order valence-corrected chi connectivity index (χ4v) is 3.35. The number of methoxy groups -OCH3 is 1. The van der Waals surface area contributed by atoms with Gasteiger partial charge < -0.3 is 19.8 Å². The predicted octanol–water partition coefficient (Wildman–Crippen LogP) is 3.54. The molecule has 1 aromatic heterocycles. The van der Waals surface area contributed by atoms with E-state index in [-0.39, 0.29) is 11.9 Å². The Labute approximate surface area is 153 Å². The van der Waals surface area contributed by atoms with Gasteiger partial charge in [0.25, 0.3) is 0 Å². The quantitative estimate of drug-likeness (QED) is 0.311. The topological polar surface area (TPSA) is 80.4 Å². The smallest absolute Gasteiger partial charge is 0.313 e. The summed E-state index contributed by atoms with van der Waals surface area (Å²) < 4.78 is 10.9. The zero-order valence-corrected chi connectivity index (χ0v) is 15.3. The number of carbonyl (C=O) groups excluding carboxylic acids is 2. The van der Waals surface area contributed by atoms with Crippen LogP contribution >= 0.6 is 22.6 Å². The van der Waals surface area contributed by atoms with Crippen LogP contribution in [-0.4, -0.2) is 29.0 Å². The largest absolute Gasteiger partial charge is 0.479 e. The number of fused-ring (bicyclic) bond motifs is 1. The number of hydrogen-bond acceptors (Lipinski definition) is 5. The lowest BCUT2D eigenvalue weighted by Crippen LogP contribution is -2.11. The van der Waals surface area contributed by atoms with Crippen LogP contribution in [0.15, 0.2) is 24.3 Å².